The van der Waals surface area contributed by atoms with Gasteiger partial charge in [-0.15, -0.1) is 0 Å². The van der Waals surface area contributed by atoms with Crippen LogP contribution >= 0.6 is 0 Å². The third-order valence-corrected chi connectivity index (χ3v) is 10.8. The van der Waals surface area contributed by atoms with E-state index < -0.39 is 0 Å². The second kappa shape index (κ2) is 14.0. The van der Waals surface area contributed by atoms with E-state index in [1.807, 2.05) is 0 Å². The van der Waals surface area contributed by atoms with Crippen LogP contribution in [0.25, 0.3) is 76.8 Å². The summed E-state index contributed by atoms with van der Waals surface area (Å²) in [5.41, 5.74) is 12.9. The largest absolute Gasteiger partial charge is 0.310 e. The minimum atomic E-state index is 1.10. The molecule has 55 heavy (non-hydrogen) atoms. The lowest BCUT2D eigenvalue weighted by atomic mass is 9.95. The highest BCUT2D eigenvalue weighted by Crippen LogP contribution is 2.42. The van der Waals surface area contributed by atoms with Gasteiger partial charge in [0.15, 0.2) is 0 Å². The molecule has 0 aliphatic heterocycles. The van der Waals surface area contributed by atoms with Crippen molar-refractivity contribution >= 4 is 49.4 Å². The minimum absolute atomic E-state index is 1.10. The monoisotopic (exact) mass is 699 g/mol. The highest BCUT2D eigenvalue weighted by molar-refractivity contribution is 5.96. The Morgan fingerprint density at radius 2 is 0.545 bits per heavy atom. The molecule has 0 N–H and O–H groups in total. The summed E-state index contributed by atoms with van der Waals surface area (Å²) >= 11 is 0. The first-order chi connectivity index (χ1) is 27.2. The maximum Gasteiger partial charge on any atom is 0.0473 e. The molecule has 0 fully saturated rings. The smallest absolute Gasteiger partial charge is 0.0473 e. The van der Waals surface area contributed by atoms with Crippen molar-refractivity contribution in [2.45, 2.75) is 0 Å². The molecule has 0 aromatic heterocycles. The zero-order valence-electron chi connectivity index (χ0n) is 30.3. The Morgan fingerprint density at radius 1 is 0.182 bits per heavy atom. The quantitative estimate of drug-likeness (QED) is 0.160. The molecule has 0 aliphatic rings. The molecule has 10 aromatic rings. The molecule has 0 saturated carbocycles. The molecule has 0 aliphatic carbocycles. The lowest BCUT2D eigenvalue weighted by Gasteiger charge is -2.27. The van der Waals surface area contributed by atoms with E-state index in [1.54, 1.807) is 0 Å². The minimum Gasteiger partial charge on any atom is -0.310 e. The number of anilines is 3. The van der Waals surface area contributed by atoms with E-state index in [-0.39, 0.29) is 0 Å². The van der Waals surface area contributed by atoms with Gasteiger partial charge < -0.3 is 4.90 Å². The van der Waals surface area contributed by atoms with Gasteiger partial charge in [-0.05, 0) is 131 Å². The van der Waals surface area contributed by atoms with Gasteiger partial charge in [-0.3, -0.25) is 0 Å². The summed E-state index contributed by atoms with van der Waals surface area (Å²) in [6, 6.07) is 81.7. The predicted molar refractivity (Wildman–Crippen MR) is 235 cm³/mol. The number of fused-ring (bicyclic) bond motifs is 3. The van der Waals surface area contributed by atoms with Crippen LogP contribution < -0.4 is 4.90 Å². The molecule has 1 nitrogen and oxygen atoms in total. The van der Waals surface area contributed by atoms with Gasteiger partial charge in [0.05, 0.1) is 0 Å². The van der Waals surface area contributed by atoms with Crippen molar-refractivity contribution in [3.05, 3.63) is 224 Å². The number of rotatable bonds is 7. The predicted octanol–water partition coefficient (Wildman–Crippen LogP) is 15.3. The Bertz CT molecular complexity index is 2960. The normalized spacial score (nSPS) is 11.3. The molecule has 0 heterocycles. The topological polar surface area (TPSA) is 3.24 Å². The first-order valence-corrected chi connectivity index (χ1v) is 18.9. The van der Waals surface area contributed by atoms with Crippen molar-refractivity contribution in [3.8, 4) is 44.5 Å². The third kappa shape index (κ3) is 6.43. The van der Waals surface area contributed by atoms with Crippen LogP contribution in [0.1, 0.15) is 0 Å². The summed E-state index contributed by atoms with van der Waals surface area (Å²) in [7, 11) is 0. The van der Waals surface area contributed by atoms with E-state index >= 15 is 0 Å². The van der Waals surface area contributed by atoms with Gasteiger partial charge in [0.2, 0.25) is 0 Å². The van der Waals surface area contributed by atoms with Crippen LogP contribution in [0, 0.1) is 0 Å². The summed E-state index contributed by atoms with van der Waals surface area (Å²) in [6.45, 7) is 0. The van der Waals surface area contributed by atoms with Crippen molar-refractivity contribution in [1.82, 2.24) is 0 Å². The summed E-state index contributed by atoms with van der Waals surface area (Å²) in [5, 5.41) is 7.35. The average Bonchev–Trinajstić information content (AvgIpc) is 3.26. The van der Waals surface area contributed by atoms with Crippen LogP contribution in [0.15, 0.2) is 224 Å². The van der Waals surface area contributed by atoms with Gasteiger partial charge in [-0.1, -0.05) is 170 Å². The zero-order chi connectivity index (χ0) is 36.6. The lowest BCUT2D eigenvalue weighted by Crippen LogP contribution is -2.10. The zero-order valence-corrected chi connectivity index (χ0v) is 30.3. The van der Waals surface area contributed by atoms with Crippen LogP contribution in [0.5, 0.6) is 0 Å². The highest BCUT2D eigenvalue weighted by atomic mass is 15.1. The summed E-state index contributed by atoms with van der Waals surface area (Å²) in [5.74, 6) is 0. The molecule has 0 unspecified atom stereocenters. The number of benzene rings is 10. The Labute approximate surface area is 322 Å². The molecule has 0 saturated heterocycles. The van der Waals surface area contributed by atoms with Crippen molar-refractivity contribution < 1.29 is 0 Å². The fourth-order valence-electron chi connectivity index (χ4n) is 7.87. The maximum absolute atomic E-state index is 2.42. The summed E-state index contributed by atoms with van der Waals surface area (Å²) < 4.78 is 0. The number of hydrogen-bond donors (Lipinski definition) is 0. The second-order valence-corrected chi connectivity index (χ2v) is 14.3. The van der Waals surface area contributed by atoms with Crippen molar-refractivity contribution in [1.29, 1.82) is 0 Å². The molecule has 0 amide bonds. The molecule has 10 aromatic carbocycles. The van der Waals surface area contributed by atoms with Crippen LogP contribution in [-0.4, -0.2) is 0 Å². The molecule has 1 heteroatoms. The lowest BCUT2D eigenvalue weighted by molar-refractivity contribution is 1.29. The number of nitrogens with zero attached hydrogens (tertiary/aromatic N) is 1. The Kier molecular flexibility index (Phi) is 8.24. The molecular formula is C54H37N. The fourth-order valence-corrected chi connectivity index (χ4v) is 7.87. The van der Waals surface area contributed by atoms with E-state index in [4.69, 9.17) is 0 Å². The van der Waals surface area contributed by atoms with Crippen LogP contribution in [0.4, 0.5) is 17.1 Å². The van der Waals surface area contributed by atoms with Gasteiger partial charge in [-0.25, -0.2) is 0 Å². The summed E-state index contributed by atoms with van der Waals surface area (Å²) in [6.07, 6.45) is 0. The van der Waals surface area contributed by atoms with Gasteiger partial charge in [0.25, 0.3) is 0 Å². The Morgan fingerprint density at radius 3 is 1.11 bits per heavy atom. The molecule has 10 rings (SSSR count). The van der Waals surface area contributed by atoms with Gasteiger partial charge in [-0.2, -0.15) is 0 Å². The molecule has 258 valence electrons. The average molecular weight is 700 g/mol. The van der Waals surface area contributed by atoms with Gasteiger partial charge >= 0.3 is 0 Å². The maximum atomic E-state index is 2.42. The van der Waals surface area contributed by atoms with E-state index in [1.165, 1.54) is 76.8 Å². The SMILES string of the molecule is c1ccc(-c2ccc(-c3cc(-c4ccccc4)cc(N(c4ccc5ccccc5c4)c4ccc5ccc(-c6ccc7ccccc7c6)cc5c4)c3)cc2)cc1. The van der Waals surface area contributed by atoms with E-state index in [0.29, 0.717) is 0 Å². The van der Waals surface area contributed by atoms with Gasteiger partial charge in [0.1, 0.15) is 0 Å². The second-order valence-electron chi connectivity index (χ2n) is 14.3. The standard InChI is InChI=1S/C54H37N/c1-3-11-38(12-4-1)42-19-21-43(22-20-42)51-33-50(39-13-5-2-6-14-39)36-54(37-51)55(52-29-27-41-16-8-10-18-46(41)34-52)53-30-28-44-24-26-48(32-49(44)35-53)47-25-23-40-15-7-9-17-45(40)31-47/h1-37H. The van der Waals surface area contributed by atoms with Crippen LogP contribution in [-0.2, 0) is 0 Å². The third-order valence-electron chi connectivity index (χ3n) is 10.8. The summed E-state index contributed by atoms with van der Waals surface area (Å²) in [4.78, 5) is 2.42. The van der Waals surface area contributed by atoms with Crippen molar-refractivity contribution in [2.24, 2.45) is 0 Å². The molecule has 0 bridgehead atoms. The molecule has 0 atom stereocenters. The first-order valence-electron chi connectivity index (χ1n) is 18.9. The number of hydrogen-bond acceptors (Lipinski definition) is 1. The van der Waals surface area contributed by atoms with Crippen molar-refractivity contribution in [2.75, 3.05) is 4.90 Å². The van der Waals surface area contributed by atoms with Gasteiger partial charge in [0, 0.05) is 17.1 Å². The fraction of sp³-hybridized carbons (Fsp3) is 0. The van der Waals surface area contributed by atoms with Crippen molar-refractivity contribution in [3.63, 3.8) is 0 Å². The first kappa shape index (κ1) is 32.4. The molecule has 0 spiro atoms. The Balaban J connectivity index is 1.15. The van der Waals surface area contributed by atoms with E-state index in [9.17, 15) is 0 Å². The molecule has 0 radical (unpaired) electrons. The molecular weight excluding hydrogens is 663 g/mol. The Hall–Kier alpha value is -7.22. The van der Waals surface area contributed by atoms with E-state index in [2.05, 4.69) is 229 Å². The van der Waals surface area contributed by atoms with Crippen LogP contribution in [0.3, 0.4) is 0 Å². The highest BCUT2D eigenvalue weighted by Gasteiger charge is 2.17. The van der Waals surface area contributed by atoms with Crippen LogP contribution in [0.2, 0.25) is 0 Å². The van der Waals surface area contributed by atoms with E-state index in [0.717, 1.165) is 17.1 Å².